The molecule has 0 heterocycles. The number of hydrogen-bond acceptors (Lipinski definition) is 2. The molecule has 0 fully saturated rings. The molecule has 0 aliphatic heterocycles. The predicted molar refractivity (Wildman–Crippen MR) is 56.5 cm³/mol. The van der Waals surface area contributed by atoms with Crippen molar-refractivity contribution in [1.29, 1.82) is 0 Å². The summed E-state index contributed by atoms with van der Waals surface area (Å²) in [6.45, 7) is 2.11. The van der Waals surface area contributed by atoms with Crippen molar-refractivity contribution in [3.63, 3.8) is 0 Å². The molecule has 0 saturated heterocycles. The predicted octanol–water partition coefficient (Wildman–Crippen LogP) is 2.45. The van der Waals surface area contributed by atoms with Gasteiger partial charge in [0.15, 0.2) is 0 Å². The lowest BCUT2D eigenvalue weighted by molar-refractivity contribution is -0.120. The molecular weight excluding hydrogens is 221 g/mol. The highest BCUT2D eigenvalue weighted by atomic mass is 35.5. The van der Waals surface area contributed by atoms with E-state index >= 15 is 0 Å². The molecule has 82 valence electrons. The highest BCUT2D eigenvalue weighted by molar-refractivity contribution is 6.30. The van der Waals surface area contributed by atoms with Crippen LogP contribution in [0.5, 0.6) is 0 Å². The molecule has 0 radical (unpaired) electrons. The fourth-order valence-electron chi connectivity index (χ4n) is 0.974. The Hall–Kier alpha value is -1.13. The van der Waals surface area contributed by atoms with E-state index in [4.69, 9.17) is 16.3 Å². The fourth-order valence-corrected chi connectivity index (χ4v) is 1.15. The lowest BCUT2D eigenvalue weighted by Crippen LogP contribution is -2.18. The van der Waals surface area contributed by atoms with E-state index in [1.165, 1.54) is 18.2 Å². The summed E-state index contributed by atoms with van der Waals surface area (Å²) in [6, 6.07) is 3.95. The summed E-state index contributed by atoms with van der Waals surface area (Å²) in [6.07, 6.45) is 0. The Bertz CT molecular complexity index is 357. The first-order valence-electron chi connectivity index (χ1n) is 4.46. The largest absolute Gasteiger partial charge is 0.372 e. The molecule has 1 rings (SSSR count). The normalized spacial score (nSPS) is 10.1. The van der Waals surface area contributed by atoms with E-state index in [0.717, 1.165) is 0 Å². The van der Waals surface area contributed by atoms with Crippen molar-refractivity contribution < 1.29 is 13.9 Å². The topological polar surface area (TPSA) is 38.3 Å². The molecule has 0 atom stereocenters. The second-order valence-corrected chi connectivity index (χ2v) is 3.25. The molecule has 1 aromatic carbocycles. The van der Waals surface area contributed by atoms with Gasteiger partial charge in [0.05, 0.1) is 5.69 Å². The Morgan fingerprint density at radius 3 is 3.00 bits per heavy atom. The zero-order chi connectivity index (χ0) is 11.3. The van der Waals surface area contributed by atoms with Crippen LogP contribution in [-0.4, -0.2) is 19.1 Å². The average Bonchev–Trinajstić information content (AvgIpc) is 2.20. The van der Waals surface area contributed by atoms with Crippen LogP contribution in [0.1, 0.15) is 6.92 Å². The third kappa shape index (κ3) is 3.85. The maximum Gasteiger partial charge on any atom is 0.250 e. The van der Waals surface area contributed by atoms with Gasteiger partial charge in [0, 0.05) is 11.6 Å². The number of halogens is 2. The first-order chi connectivity index (χ1) is 7.13. The number of rotatable bonds is 4. The lowest BCUT2D eigenvalue weighted by Gasteiger charge is -2.06. The maximum atomic E-state index is 13.1. The van der Waals surface area contributed by atoms with E-state index in [1.54, 1.807) is 6.92 Å². The number of amides is 1. The number of anilines is 1. The molecule has 0 aromatic heterocycles. The molecule has 0 spiro atoms. The fraction of sp³-hybridized carbons (Fsp3) is 0.300. The van der Waals surface area contributed by atoms with Gasteiger partial charge in [-0.3, -0.25) is 4.79 Å². The minimum absolute atomic E-state index is 0.0622. The van der Waals surface area contributed by atoms with E-state index in [0.29, 0.717) is 11.6 Å². The van der Waals surface area contributed by atoms with Crippen molar-refractivity contribution in [1.82, 2.24) is 0 Å². The molecule has 5 heteroatoms. The molecule has 15 heavy (non-hydrogen) atoms. The van der Waals surface area contributed by atoms with E-state index in [-0.39, 0.29) is 12.3 Å². The van der Waals surface area contributed by atoms with Gasteiger partial charge in [-0.1, -0.05) is 11.6 Å². The lowest BCUT2D eigenvalue weighted by atomic mass is 10.3. The molecule has 0 saturated carbocycles. The van der Waals surface area contributed by atoms with Crippen LogP contribution in [0.15, 0.2) is 18.2 Å². The van der Waals surface area contributed by atoms with Gasteiger partial charge in [-0.25, -0.2) is 4.39 Å². The average molecular weight is 232 g/mol. The molecule has 1 aromatic rings. The van der Waals surface area contributed by atoms with E-state index < -0.39 is 11.7 Å². The van der Waals surface area contributed by atoms with Crippen molar-refractivity contribution in [3.05, 3.63) is 29.0 Å². The monoisotopic (exact) mass is 231 g/mol. The summed E-state index contributed by atoms with van der Waals surface area (Å²) in [4.78, 5) is 11.2. The van der Waals surface area contributed by atoms with Crippen molar-refractivity contribution >= 4 is 23.2 Å². The Balaban J connectivity index is 2.63. The molecule has 0 aliphatic rings. The van der Waals surface area contributed by atoms with Gasteiger partial charge in [-0.2, -0.15) is 0 Å². The minimum atomic E-state index is -0.524. The van der Waals surface area contributed by atoms with Crippen molar-refractivity contribution in [3.8, 4) is 0 Å². The van der Waals surface area contributed by atoms with Gasteiger partial charge in [0.1, 0.15) is 12.4 Å². The van der Waals surface area contributed by atoms with Gasteiger partial charge >= 0.3 is 0 Å². The minimum Gasteiger partial charge on any atom is -0.372 e. The second kappa shape index (κ2) is 5.68. The number of benzene rings is 1. The number of carbonyl (C=O) groups excluding carboxylic acids is 1. The molecule has 1 amide bonds. The van der Waals surface area contributed by atoms with Gasteiger partial charge in [0.2, 0.25) is 5.91 Å². The number of nitrogens with one attached hydrogen (secondary N) is 1. The Kier molecular flexibility index (Phi) is 4.52. The summed E-state index contributed by atoms with van der Waals surface area (Å²) >= 11 is 5.66. The Morgan fingerprint density at radius 1 is 1.60 bits per heavy atom. The molecule has 3 nitrogen and oxygen atoms in total. The van der Waals surface area contributed by atoms with Crippen molar-refractivity contribution in [2.45, 2.75) is 6.92 Å². The summed E-state index contributed by atoms with van der Waals surface area (Å²) in [5.41, 5.74) is 0.0622. The van der Waals surface area contributed by atoms with Crippen LogP contribution >= 0.6 is 11.6 Å². The Labute approximate surface area is 92.2 Å². The van der Waals surface area contributed by atoms with Crippen LogP contribution in [0.3, 0.4) is 0 Å². The molecule has 1 N–H and O–H groups in total. The zero-order valence-electron chi connectivity index (χ0n) is 8.22. The van der Waals surface area contributed by atoms with Crippen LogP contribution < -0.4 is 5.32 Å². The molecule has 0 bridgehead atoms. The van der Waals surface area contributed by atoms with Crippen LogP contribution in [0.2, 0.25) is 5.02 Å². The summed E-state index contributed by atoms with van der Waals surface area (Å²) < 4.78 is 18.0. The van der Waals surface area contributed by atoms with Gasteiger partial charge in [-0.15, -0.1) is 0 Å². The molecular formula is C10H11ClFNO2. The third-order valence-corrected chi connectivity index (χ3v) is 1.87. The Morgan fingerprint density at radius 2 is 2.33 bits per heavy atom. The second-order valence-electron chi connectivity index (χ2n) is 2.81. The standard InChI is InChI=1S/C10H11ClFNO2/c1-2-15-6-10(14)13-9-5-7(11)3-4-8(9)12/h3-5H,2,6H2,1H3,(H,13,14). The zero-order valence-corrected chi connectivity index (χ0v) is 8.97. The highest BCUT2D eigenvalue weighted by Crippen LogP contribution is 2.19. The highest BCUT2D eigenvalue weighted by Gasteiger charge is 2.07. The van der Waals surface area contributed by atoms with Crippen molar-refractivity contribution in [2.75, 3.05) is 18.5 Å². The van der Waals surface area contributed by atoms with Crippen LogP contribution in [0.25, 0.3) is 0 Å². The number of hydrogen-bond donors (Lipinski definition) is 1. The first-order valence-corrected chi connectivity index (χ1v) is 4.84. The SMILES string of the molecule is CCOCC(=O)Nc1cc(Cl)ccc1F. The van der Waals surface area contributed by atoms with E-state index in [1.807, 2.05) is 0 Å². The third-order valence-electron chi connectivity index (χ3n) is 1.64. The summed E-state index contributed by atoms with van der Waals surface area (Å²) in [7, 11) is 0. The number of ether oxygens (including phenoxy) is 1. The maximum absolute atomic E-state index is 13.1. The molecule has 0 aliphatic carbocycles. The quantitative estimate of drug-likeness (QED) is 0.865. The molecule has 0 unspecified atom stereocenters. The van der Waals surface area contributed by atoms with Gasteiger partial charge in [-0.05, 0) is 25.1 Å². The van der Waals surface area contributed by atoms with Crippen molar-refractivity contribution in [2.24, 2.45) is 0 Å². The van der Waals surface area contributed by atoms with Crippen LogP contribution in [0, 0.1) is 5.82 Å². The first kappa shape index (κ1) is 11.9. The van der Waals surface area contributed by atoms with E-state index in [9.17, 15) is 9.18 Å². The van der Waals surface area contributed by atoms with E-state index in [2.05, 4.69) is 5.32 Å². The summed E-state index contributed by atoms with van der Waals surface area (Å²) in [5.74, 6) is -0.928. The van der Waals surface area contributed by atoms with Crippen LogP contribution in [0.4, 0.5) is 10.1 Å². The summed E-state index contributed by atoms with van der Waals surface area (Å²) in [5, 5.41) is 2.73. The van der Waals surface area contributed by atoms with Gasteiger partial charge in [0.25, 0.3) is 0 Å². The van der Waals surface area contributed by atoms with Crippen LogP contribution in [-0.2, 0) is 9.53 Å². The van der Waals surface area contributed by atoms with Gasteiger partial charge < -0.3 is 10.1 Å². The smallest absolute Gasteiger partial charge is 0.250 e. The number of carbonyl (C=O) groups is 1.